The first-order valence-electron chi connectivity index (χ1n) is 4.57. The molecule has 0 saturated heterocycles. The van der Waals surface area contributed by atoms with Crippen LogP contribution in [0.25, 0.3) is 20.3 Å². The topological polar surface area (TPSA) is 25.8 Å². The standard InChI is InChI=1S/C11H7IN2S/c1-6-13-10(12)9-7-4-2-3-5-8(7)15-11(9)14-6/h2-5H,1H3. The first-order valence-corrected chi connectivity index (χ1v) is 6.46. The summed E-state index contributed by atoms with van der Waals surface area (Å²) in [5, 5.41) is 2.46. The average Bonchev–Trinajstić information content (AvgIpc) is 2.54. The Labute approximate surface area is 105 Å². The molecule has 4 heteroatoms. The van der Waals surface area contributed by atoms with Crippen molar-refractivity contribution in [3.05, 3.63) is 33.8 Å². The Bertz CT molecular complexity index is 660. The Morgan fingerprint density at radius 2 is 2.00 bits per heavy atom. The van der Waals surface area contributed by atoms with Crippen LogP contribution in [0, 0.1) is 10.6 Å². The third-order valence-electron chi connectivity index (χ3n) is 2.31. The maximum Gasteiger partial charge on any atom is 0.129 e. The monoisotopic (exact) mass is 326 g/mol. The summed E-state index contributed by atoms with van der Waals surface area (Å²) in [4.78, 5) is 9.97. The molecule has 3 rings (SSSR count). The molecular formula is C11H7IN2S. The molecule has 0 aliphatic heterocycles. The zero-order valence-corrected chi connectivity index (χ0v) is 11.0. The van der Waals surface area contributed by atoms with Crippen LogP contribution in [-0.4, -0.2) is 9.97 Å². The molecule has 0 aliphatic carbocycles. The van der Waals surface area contributed by atoms with Crippen LogP contribution in [0.4, 0.5) is 0 Å². The molecule has 0 saturated carbocycles. The highest BCUT2D eigenvalue weighted by Crippen LogP contribution is 2.34. The van der Waals surface area contributed by atoms with Crippen LogP contribution >= 0.6 is 33.9 Å². The van der Waals surface area contributed by atoms with E-state index in [0.29, 0.717) is 0 Å². The molecule has 0 N–H and O–H groups in total. The Kier molecular flexibility index (Phi) is 2.14. The fourth-order valence-electron chi connectivity index (χ4n) is 1.68. The minimum atomic E-state index is 0.846. The molecule has 2 heterocycles. The van der Waals surface area contributed by atoms with Gasteiger partial charge in [-0.15, -0.1) is 11.3 Å². The predicted octanol–water partition coefficient (Wildman–Crippen LogP) is 3.76. The van der Waals surface area contributed by atoms with Gasteiger partial charge in [0.25, 0.3) is 0 Å². The van der Waals surface area contributed by atoms with Crippen LogP contribution in [0.3, 0.4) is 0 Å². The second-order valence-electron chi connectivity index (χ2n) is 3.34. The third kappa shape index (κ3) is 1.43. The number of benzene rings is 1. The van der Waals surface area contributed by atoms with Gasteiger partial charge in [0.15, 0.2) is 0 Å². The van der Waals surface area contributed by atoms with Crippen molar-refractivity contribution in [3.8, 4) is 0 Å². The quantitative estimate of drug-likeness (QED) is 0.464. The second kappa shape index (κ2) is 3.38. The second-order valence-corrected chi connectivity index (χ2v) is 5.39. The normalized spacial score (nSPS) is 11.3. The number of aromatic nitrogens is 2. The minimum Gasteiger partial charge on any atom is -0.227 e. The molecule has 3 aromatic rings. The van der Waals surface area contributed by atoms with Gasteiger partial charge in [0, 0.05) is 10.1 Å². The minimum absolute atomic E-state index is 0.846. The summed E-state index contributed by atoms with van der Waals surface area (Å²) in [6.45, 7) is 1.94. The Hall–Kier alpha value is -0.750. The number of hydrogen-bond donors (Lipinski definition) is 0. The van der Waals surface area contributed by atoms with Gasteiger partial charge in [0.1, 0.15) is 14.4 Å². The van der Waals surface area contributed by atoms with Crippen molar-refractivity contribution < 1.29 is 0 Å². The lowest BCUT2D eigenvalue weighted by molar-refractivity contribution is 1.08. The third-order valence-corrected chi connectivity index (χ3v) is 4.15. The molecule has 0 radical (unpaired) electrons. The van der Waals surface area contributed by atoms with E-state index in [1.165, 1.54) is 15.5 Å². The van der Waals surface area contributed by atoms with E-state index in [0.717, 1.165) is 14.4 Å². The van der Waals surface area contributed by atoms with Crippen molar-refractivity contribution >= 4 is 54.2 Å². The van der Waals surface area contributed by atoms with E-state index in [-0.39, 0.29) is 0 Å². The van der Waals surface area contributed by atoms with Crippen molar-refractivity contribution in [2.24, 2.45) is 0 Å². The summed E-state index contributed by atoms with van der Waals surface area (Å²) in [6, 6.07) is 8.39. The first-order chi connectivity index (χ1) is 7.25. The molecule has 0 aliphatic rings. The summed E-state index contributed by atoms with van der Waals surface area (Å²) in [6.07, 6.45) is 0. The summed E-state index contributed by atoms with van der Waals surface area (Å²) < 4.78 is 2.33. The molecule has 0 fully saturated rings. The summed E-state index contributed by atoms with van der Waals surface area (Å²) in [5.74, 6) is 0.846. The molecular weight excluding hydrogens is 319 g/mol. The summed E-state index contributed by atoms with van der Waals surface area (Å²) in [7, 11) is 0. The van der Waals surface area contributed by atoms with E-state index >= 15 is 0 Å². The Balaban J connectivity index is 2.61. The van der Waals surface area contributed by atoms with Gasteiger partial charge < -0.3 is 0 Å². The van der Waals surface area contributed by atoms with Gasteiger partial charge in [0.05, 0.1) is 5.39 Å². The molecule has 74 valence electrons. The molecule has 2 aromatic heterocycles. The van der Waals surface area contributed by atoms with E-state index in [2.05, 4.69) is 56.8 Å². The maximum atomic E-state index is 4.48. The van der Waals surface area contributed by atoms with Crippen LogP contribution < -0.4 is 0 Å². The van der Waals surface area contributed by atoms with E-state index < -0.39 is 0 Å². The lowest BCUT2D eigenvalue weighted by atomic mass is 10.2. The maximum absolute atomic E-state index is 4.48. The molecule has 0 unspecified atom stereocenters. The molecule has 2 nitrogen and oxygen atoms in total. The van der Waals surface area contributed by atoms with Gasteiger partial charge >= 0.3 is 0 Å². The molecule has 1 aromatic carbocycles. The highest BCUT2D eigenvalue weighted by Gasteiger charge is 2.10. The molecule has 0 atom stereocenters. The SMILES string of the molecule is Cc1nc(I)c2c(n1)sc1ccccc12. The fraction of sp³-hybridized carbons (Fsp3) is 0.0909. The van der Waals surface area contributed by atoms with E-state index in [9.17, 15) is 0 Å². The van der Waals surface area contributed by atoms with Crippen LogP contribution in [0.5, 0.6) is 0 Å². The van der Waals surface area contributed by atoms with Crippen molar-refractivity contribution in [1.29, 1.82) is 0 Å². The number of nitrogens with zero attached hydrogens (tertiary/aromatic N) is 2. The number of thiophene rings is 1. The van der Waals surface area contributed by atoms with Crippen molar-refractivity contribution in [3.63, 3.8) is 0 Å². The number of halogens is 1. The number of aryl methyl sites for hydroxylation is 1. The van der Waals surface area contributed by atoms with Gasteiger partial charge in [-0.05, 0) is 35.6 Å². The van der Waals surface area contributed by atoms with E-state index in [1.54, 1.807) is 11.3 Å². The van der Waals surface area contributed by atoms with Crippen LogP contribution in [0.15, 0.2) is 24.3 Å². The Morgan fingerprint density at radius 1 is 1.20 bits per heavy atom. The first kappa shape index (κ1) is 9.47. The molecule has 0 bridgehead atoms. The largest absolute Gasteiger partial charge is 0.227 e. The average molecular weight is 326 g/mol. The van der Waals surface area contributed by atoms with Crippen molar-refractivity contribution in [1.82, 2.24) is 9.97 Å². The zero-order chi connectivity index (χ0) is 10.4. The summed E-state index contributed by atoms with van der Waals surface area (Å²) in [5.41, 5.74) is 0. The fourth-order valence-corrected chi connectivity index (χ4v) is 3.88. The van der Waals surface area contributed by atoms with Crippen LogP contribution in [-0.2, 0) is 0 Å². The number of hydrogen-bond acceptors (Lipinski definition) is 3. The van der Waals surface area contributed by atoms with Gasteiger partial charge in [-0.25, -0.2) is 9.97 Å². The van der Waals surface area contributed by atoms with Gasteiger partial charge in [-0.2, -0.15) is 0 Å². The van der Waals surface area contributed by atoms with Gasteiger partial charge in [-0.3, -0.25) is 0 Å². The number of fused-ring (bicyclic) bond motifs is 3. The highest BCUT2D eigenvalue weighted by molar-refractivity contribution is 14.1. The van der Waals surface area contributed by atoms with Crippen LogP contribution in [0.2, 0.25) is 0 Å². The summed E-state index contributed by atoms with van der Waals surface area (Å²) >= 11 is 4.02. The van der Waals surface area contributed by atoms with Crippen LogP contribution in [0.1, 0.15) is 5.82 Å². The molecule has 0 spiro atoms. The number of rotatable bonds is 0. The van der Waals surface area contributed by atoms with Gasteiger partial charge in [0.2, 0.25) is 0 Å². The Morgan fingerprint density at radius 3 is 2.87 bits per heavy atom. The zero-order valence-electron chi connectivity index (χ0n) is 7.99. The highest BCUT2D eigenvalue weighted by atomic mass is 127. The smallest absolute Gasteiger partial charge is 0.129 e. The van der Waals surface area contributed by atoms with Gasteiger partial charge in [-0.1, -0.05) is 18.2 Å². The molecule has 15 heavy (non-hydrogen) atoms. The molecule has 0 amide bonds. The predicted molar refractivity (Wildman–Crippen MR) is 72.4 cm³/mol. The van der Waals surface area contributed by atoms with Crippen molar-refractivity contribution in [2.45, 2.75) is 6.92 Å². The van der Waals surface area contributed by atoms with E-state index in [4.69, 9.17) is 0 Å². The lowest BCUT2D eigenvalue weighted by Gasteiger charge is -1.96. The van der Waals surface area contributed by atoms with E-state index in [1.807, 2.05) is 6.92 Å². The van der Waals surface area contributed by atoms with Crippen molar-refractivity contribution in [2.75, 3.05) is 0 Å². The lowest BCUT2D eigenvalue weighted by Crippen LogP contribution is -1.89.